The Morgan fingerprint density at radius 1 is 0.862 bits per heavy atom. The molecule has 0 bridgehead atoms. The van der Waals surface area contributed by atoms with Crippen LogP contribution in [0.15, 0.2) is 54.6 Å². The first-order valence-electron chi connectivity index (χ1n) is 10.8. The third-order valence-electron chi connectivity index (χ3n) is 5.66. The van der Waals surface area contributed by atoms with Crippen molar-refractivity contribution in [1.82, 2.24) is 9.80 Å². The Hall–Kier alpha value is -2.08. The van der Waals surface area contributed by atoms with Gasteiger partial charge in [0.1, 0.15) is 30.3 Å². The fraction of sp³-hybridized carbons (Fsp3) is 0.500. The number of β-amino-alcohol motifs (C(OH)–C–C–N with tert-alkyl or cyclic N) is 1. The van der Waals surface area contributed by atoms with Crippen molar-refractivity contribution < 1.29 is 14.6 Å². The lowest BCUT2D eigenvalue weighted by atomic mass is 10.1. The molecule has 2 aliphatic rings. The quantitative estimate of drug-likeness (QED) is 0.705. The van der Waals surface area contributed by atoms with Crippen LogP contribution in [0.4, 0.5) is 0 Å². The van der Waals surface area contributed by atoms with Crippen molar-refractivity contribution in [3.63, 3.8) is 0 Å². The summed E-state index contributed by atoms with van der Waals surface area (Å²) in [5, 5.41) is 10.2. The van der Waals surface area contributed by atoms with Gasteiger partial charge in [0, 0.05) is 26.2 Å². The van der Waals surface area contributed by atoms with Crippen LogP contribution in [0.5, 0.6) is 11.5 Å². The third-order valence-corrected chi connectivity index (χ3v) is 5.66. The van der Waals surface area contributed by atoms with Crippen LogP contribution in [-0.2, 0) is 6.54 Å². The van der Waals surface area contributed by atoms with Crippen molar-refractivity contribution >= 4 is 0 Å². The van der Waals surface area contributed by atoms with Gasteiger partial charge < -0.3 is 19.5 Å². The van der Waals surface area contributed by atoms with E-state index in [1.54, 1.807) is 0 Å². The van der Waals surface area contributed by atoms with Gasteiger partial charge in [0.25, 0.3) is 0 Å². The van der Waals surface area contributed by atoms with E-state index in [2.05, 4.69) is 21.9 Å². The lowest BCUT2D eigenvalue weighted by molar-refractivity contribution is 0.0145. The summed E-state index contributed by atoms with van der Waals surface area (Å²) in [4.78, 5) is 4.72. The standard InChI is InChI=1S/C24H32N2O3/c27-21(16-25-13-5-2-6-14-25)19-28-22-11-9-20(10-12-22)15-26-17-24(18-26)29-23-7-3-1-4-8-23/h1,3-4,7-12,21,24,27H,2,5-6,13-19H2/t21-/m0/s1. The number of ether oxygens (including phenoxy) is 2. The highest BCUT2D eigenvalue weighted by Crippen LogP contribution is 2.21. The van der Waals surface area contributed by atoms with Gasteiger partial charge in [-0.2, -0.15) is 0 Å². The Labute approximate surface area is 173 Å². The maximum atomic E-state index is 10.2. The lowest BCUT2D eigenvalue weighted by Crippen LogP contribution is -2.53. The van der Waals surface area contributed by atoms with Crippen LogP contribution in [0.2, 0.25) is 0 Å². The molecule has 0 aromatic heterocycles. The van der Waals surface area contributed by atoms with Gasteiger partial charge in [-0.15, -0.1) is 0 Å². The third kappa shape index (κ3) is 6.20. The summed E-state index contributed by atoms with van der Waals surface area (Å²) in [5.41, 5.74) is 1.27. The van der Waals surface area contributed by atoms with Crippen LogP contribution in [0, 0.1) is 0 Å². The second-order valence-corrected chi connectivity index (χ2v) is 8.22. The molecule has 2 saturated heterocycles. The average Bonchev–Trinajstić information content (AvgIpc) is 2.73. The maximum Gasteiger partial charge on any atom is 0.124 e. The normalized spacial score (nSPS) is 19.5. The number of rotatable bonds is 9. The average molecular weight is 397 g/mol. The monoisotopic (exact) mass is 396 g/mol. The number of benzene rings is 2. The highest BCUT2D eigenvalue weighted by atomic mass is 16.5. The van der Waals surface area contributed by atoms with E-state index in [1.807, 2.05) is 42.5 Å². The summed E-state index contributed by atoms with van der Waals surface area (Å²) in [6, 6.07) is 18.2. The first kappa shape index (κ1) is 20.2. The fourth-order valence-corrected chi connectivity index (χ4v) is 4.05. The van der Waals surface area contributed by atoms with Crippen molar-refractivity contribution in [1.29, 1.82) is 0 Å². The zero-order valence-electron chi connectivity index (χ0n) is 17.1. The zero-order chi connectivity index (χ0) is 19.9. The zero-order valence-corrected chi connectivity index (χ0v) is 17.1. The minimum Gasteiger partial charge on any atom is -0.491 e. The van der Waals surface area contributed by atoms with Gasteiger partial charge in [0.15, 0.2) is 0 Å². The van der Waals surface area contributed by atoms with Gasteiger partial charge in [0.2, 0.25) is 0 Å². The molecular weight excluding hydrogens is 364 g/mol. The van der Waals surface area contributed by atoms with Crippen molar-refractivity contribution in [2.45, 2.75) is 38.0 Å². The van der Waals surface area contributed by atoms with Crippen molar-refractivity contribution in [3.05, 3.63) is 60.2 Å². The van der Waals surface area contributed by atoms with Crippen LogP contribution in [0.25, 0.3) is 0 Å². The largest absolute Gasteiger partial charge is 0.491 e. The van der Waals surface area contributed by atoms with Gasteiger partial charge in [0.05, 0.1) is 0 Å². The molecule has 29 heavy (non-hydrogen) atoms. The second-order valence-electron chi connectivity index (χ2n) is 8.22. The number of nitrogens with zero attached hydrogens (tertiary/aromatic N) is 2. The van der Waals surface area contributed by atoms with Gasteiger partial charge in [-0.3, -0.25) is 4.90 Å². The van der Waals surface area contributed by atoms with Crippen molar-refractivity contribution in [3.8, 4) is 11.5 Å². The van der Waals surface area contributed by atoms with Gasteiger partial charge in [-0.25, -0.2) is 0 Å². The lowest BCUT2D eigenvalue weighted by Gasteiger charge is -2.39. The molecule has 0 amide bonds. The molecule has 2 aliphatic heterocycles. The SMILES string of the molecule is O[C@H](COc1ccc(CN2CC(Oc3ccccc3)C2)cc1)CN1CCCCC1. The van der Waals surface area contributed by atoms with E-state index < -0.39 is 6.10 Å². The van der Waals surface area contributed by atoms with E-state index in [0.717, 1.165) is 44.2 Å². The first-order valence-corrected chi connectivity index (χ1v) is 10.8. The molecule has 2 aromatic carbocycles. The molecule has 4 rings (SSSR count). The van der Waals surface area contributed by atoms with Crippen LogP contribution in [0.3, 0.4) is 0 Å². The number of hydrogen-bond acceptors (Lipinski definition) is 5. The van der Waals surface area contributed by atoms with E-state index in [9.17, 15) is 5.11 Å². The molecule has 0 unspecified atom stereocenters. The summed E-state index contributed by atoms with van der Waals surface area (Å²) in [6.07, 6.45) is 3.64. The summed E-state index contributed by atoms with van der Waals surface area (Å²) in [5.74, 6) is 1.77. The highest BCUT2D eigenvalue weighted by Gasteiger charge is 2.28. The number of aliphatic hydroxyl groups is 1. The van der Waals surface area contributed by atoms with Crippen molar-refractivity contribution in [2.24, 2.45) is 0 Å². The van der Waals surface area contributed by atoms with E-state index in [4.69, 9.17) is 9.47 Å². The van der Waals surface area contributed by atoms with E-state index in [-0.39, 0.29) is 6.10 Å². The highest BCUT2D eigenvalue weighted by molar-refractivity contribution is 5.27. The van der Waals surface area contributed by atoms with Gasteiger partial charge >= 0.3 is 0 Å². The van der Waals surface area contributed by atoms with E-state index in [0.29, 0.717) is 13.2 Å². The molecule has 5 nitrogen and oxygen atoms in total. The summed E-state index contributed by atoms with van der Waals surface area (Å²) < 4.78 is 11.7. The molecule has 0 spiro atoms. The Kier molecular flexibility index (Phi) is 7.04. The molecule has 2 aromatic rings. The number of aliphatic hydroxyl groups excluding tert-OH is 1. The van der Waals surface area contributed by atoms with Crippen LogP contribution in [-0.4, -0.2) is 66.4 Å². The van der Waals surface area contributed by atoms with Gasteiger partial charge in [-0.1, -0.05) is 36.8 Å². The first-order chi connectivity index (χ1) is 14.2. The van der Waals surface area contributed by atoms with Crippen LogP contribution < -0.4 is 9.47 Å². The second kappa shape index (κ2) is 10.1. The Balaban J connectivity index is 1.14. The van der Waals surface area contributed by atoms with Gasteiger partial charge in [-0.05, 0) is 55.8 Å². The molecule has 1 atom stereocenters. The Bertz CT molecular complexity index is 726. The topological polar surface area (TPSA) is 45.2 Å². The Morgan fingerprint density at radius 2 is 1.59 bits per heavy atom. The number of likely N-dealkylation sites (tertiary alicyclic amines) is 2. The van der Waals surface area contributed by atoms with Crippen LogP contribution in [0.1, 0.15) is 24.8 Å². The molecule has 2 heterocycles. The predicted octanol–water partition coefficient (Wildman–Crippen LogP) is 3.18. The molecular formula is C24H32N2O3. The molecule has 2 fully saturated rings. The molecule has 1 N–H and O–H groups in total. The molecule has 156 valence electrons. The number of hydrogen-bond donors (Lipinski definition) is 1. The Morgan fingerprint density at radius 3 is 2.31 bits per heavy atom. The predicted molar refractivity (Wildman–Crippen MR) is 114 cm³/mol. The number of piperidine rings is 1. The molecule has 0 radical (unpaired) electrons. The maximum absolute atomic E-state index is 10.2. The van der Waals surface area contributed by atoms with Crippen LogP contribution >= 0.6 is 0 Å². The minimum absolute atomic E-state index is 0.279. The molecule has 0 saturated carbocycles. The fourth-order valence-electron chi connectivity index (χ4n) is 4.05. The summed E-state index contributed by atoms with van der Waals surface area (Å²) in [6.45, 7) is 6.08. The van der Waals surface area contributed by atoms with E-state index >= 15 is 0 Å². The molecule has 5 heteroatoms. The van der Waals surface area contributed by atoms with Crippen molar-refractivity contribution in [2.75, 3.05) is 39.3 Å². The summed E-state index contributed by atoms with van der Waals surface area (Å²) >= 11 is 0. The van der Waals surface area contributed by atoms with E-state index in [1.165, 1.54) is 24.8 Å². The number of para-hydroxylation sites is 1. The molecule has 0 aliphatic carbocycles. The smallest absolute Gasteiger partial charge is 0.124 e. The minimum atomic E-state index is -0.435. The summed E-state index contributed by atoms with van der Waals surface area (Å²) in [7, 11) is 0.